The molecule has 0 aliphatic carbocycles. The van der Waals surface area contributed by atoms with Crippen molar-refractivity contribution in [2.45, 2.75) is 26.8 Å². The van der Waals surface area contributed by atoms with Gasteiger partial charge in [0.1, 0.15) is 6.33 Å². The lowest BCUT2D eigenvalue weighted by atomic mass is 10.3. The van der Waals surface area contributed by atoms with Gasteiger partial charge in [-0.05, 0) is 38.2 Å². The highest BCUT2D eigenvalue weighted by atomic mass is 15.2. The van der Waals surface area contributed by atoms with E-state index in [9.17, 15) is 0 Å². The second-order valence-electron chi connectivity index (χ2n) is 5.28. The monoisotopic (exact) mass is 298 g/mol. The molecule has 0 aliphatic heterocycles. The van der Waals surface area contributed by atoms with Crippen LogP contribution in [-0.2, 0) is 6.54 Å². The van der Waals surface area contributed by atoms with Crippen LogP contribution in [0.2, 0.25) is 0 Å². The average Bonchev–Trinajstić information content (AvgIpc) is 3.21. The highest BCUT2D eigenvalue weighted by Gasteiger charge is 2.11. The van der Waals surface area contributed by atoms with Crippen LogP contribution in [0.25, 0.3) is 17.0 Å². The molecule has 6 heteroatoms. The molecule has 0 saturated heterocycles. The van der Waals surface area contributed by atoms with Gasteiger partial charge in [0.25, 0.3) is 0 Å². The van der Waals surface area contributed by atoms with Crippen molar-refractivity contribution in [3.8, 4) is 5.82 Å². The first kappa shape index (κ1) is 14.7. The molecule has 3 aromatic rings. The zero-order valence-electron chi connectivity index (χ0n) is 13.2. The fourth-order valence-corrected chi connectivity index (χ4v) is 2.70. The Labute approximate surface area is 130 Å². The van der Waals surface area contributed by atoms with Crippen molar-refractivity contribution in [1.29, 1.82) is 0 Å². The molecule has 0 bridgehead atoms. The van der Waals surface area contributed by atoms with E-state index in [1.165, 1.54) is 0 Å². The van der Waals surface area contributed by atoms with E-state index in [4.69, 9.17) is 0 Å². The van der Waals surface area contributed by atoms with Gasteiger partial charge in [0.15, 0.2) is 17.0 Å². The number of hydrogen-bond donors (Lipinski definition) is 0. The van der Waals surface area contributed by atoms with E-state index in [1.807, 2.05) is 35.4 Å². The summed E-state index contributed by atoms with van der Waals surface area (Å²) >= 11 is 0. The molecule has 116 valence electrons. The molecule has 0 aliphatic rings. The number of rotatable bonds is 7. The molecule has 0 aromatic carbocycles. The van der Waals surface area contributed by atoms with E-state index >= 15 is 0 Å². The molecule has 3 heterocycles. The summed E-state index contributed by atoms with van der Waals surface area (Å²) in [4.78, 5) is 15.7. The molecule has 0 N–H and O–H groups in total. The van der Waals surface area contributed by atoms with Crippen molar-refractivity contribution in [2.75, 3.05) is 19.6 Å². The first-order chi connectivity index (χ1) is 10.8. The van der Waals surface area contributed by atoms with Gasteiger partial charge >= 0.3 is 0 Å². The van der Waals surface area contributed by atoms with Gasteiger partial charge in [0.05, 0.1) is 6.33 Å². The molecule has 0 amide bonds. The molecule has 3 aromatic heterocycles. The summed E-state index contributed by atoms with van der Waals surface area (Å²) < 4.78 is 4.09. The van der Waals surface area contributed by atoms with Gasteiger partial charge in [-0.15, -0.1) is 0 Å². The fraction of sp³-hybridized carbons (Fsp3) is 0.438. The summed E-state index contributed by atoms with van der Waals surface area (Å²) in [5.74, 6) is 0.831. The zero-order valence-corrected chi connectivity index (χ0v) is 13.2. The standard InChI is InChI=1S/C16H22N6/c1-3-20(4-2)8-7-11-22-13-19-14-15(17-12-18-16(14)22)21-9-5-6-10-21/h5-6,9-10,12-13H,3-4,7-8,11H2,1-2H3. The van der Waals surface area contributed by atoms with Crippen LogP contribution < -0.4 is 0 Å². The maximum atomic E-state index is 4.52. The quantitative estimate of drug-likeness (QED) is 0.672. The lowest BCUT2D eigenvalue weighted by Crippen LogP contribution is -2.24. The third kappa shape index (κ3) is 2.87. The normalized spacial score (nSPS) is 11.6. The molecule has 0 unspecified atom stereocenters. The Morgan fingerprint density at radius 2 is 1.82 bits per heavy atom. The number of aryl methyl sites for hydroxylation is 1. The second kappa shape index (κ2) is 6.70. The van der Waals surface area contributed by atoms with E-state index in [2.05, 4.69) is 38.3 Å². The minimum Gasteiger partial charge on any atom is -0.315 e. The maximum absolute atomic E-state index is 4.52. The zero-order chi connectivity index (χ0) is 15.4. The van der Waals surface area contributed by atoms with Crippen LogP contribution in [0.5, 0.6) is 0 Å². The van der Waals surface area contributed by atoms with Gasteiger partial charge in [0.2, 0.25) is 0 Å². The maximum Gasteiger partial charge on any atom is 0.168 e. The van der Waals surface area contributed by atoms with Crippen molar-refractivity contribution < 1.29 is 0 Å². The highest BCUT2D eigenvalue weighted by molar-refractivity contribution is 5.78. The molecule has 0 fully saturated rings. The van der Waals surface area contributed by atoms with E-state index < -0.39 is 0 Å². The summed E-state index contributed by atoms with van der Waals surface area (Å²) in [6, 6.07) is 3.96. The van der Waals surface area contributed by atoms with E-state index in [1.54, 1.807) is 6.33 Å². The molecule has 0 spiro atoms. The van der Waals surface area contributed by atoms with Crippen molar-refractivity contribution in [1.82, 2.24) is 29.0 Å². The number of imidazole rings is 1. The highest BCUT2D eigenvalue weighted by Crippen LogP contribution is 2.17. The molecule has 3 rings (SSSR count). The number of aromatic nitrogens is 5. The summed E-state index contributed by atoms with van der Waals surface area (Å²) in [5, 5.41) is 0. The summed E-state index contributed by atoms with van der Waals surface area (Å²) in [6.07, 6.45) is 8.52. The van der Waals surface area contributed by atoms with Crippen LogP contribution in [0.15, 0.2) is 37.2 Å². The fourth-order valence-electron chi connectivity index (χ4n) is 2.70. The summed E-state index contributed by atoms with van der Waals surface area (Å²) in [6.45, 7) is 8.62. The minimum absolute atomic E-state index is 0.831. The van der Waals surface area contributed by atoms with Gasteiger partial charge in [-0.3, -0.25) is 0 Å². The predicted octanol–water partition coefficient (Wildman–Crippen LogP) is 2.35. The van der Waals surface area contributed by atoms with Gasteiger partial charge in [-0.2, -0.15) is 0 Å². The van der Waals surface area contributed by atoms with Crippen LogP contribution in [0, 0.1) is 0 Å². The Morgan fingerprint density at radius 3 is 2.55 bits per heavy atom. The molecule has 0 atom stereocenters. The van der Waals surface area contributed by atoms with Gasteiger partial charge in [0, 0.05) is 18.9 Å². The van der Waals surface area contributed by atoms with E-state index in [0.29, 0.717) is 0 Å². The van der Waals surface area contributed by atoms with Gasteiger partial charge in [-0.1, -0.05) is 13.8 Å². The second-order valence-corrected chi connectivity index (χ2v) is 5.28. The Balaban J connectivity index is 1.79. The van der Waals surface area contributed by atoms with Crippen molar-refractivity contribution in [3.05, 3.63) is 37.2 Å². The van der Waals surface area contributed by atoms with Crippen LogP contribution in [0.1, 0.15) is 20.3 Å². The predicted molar refractivity (Wildman–Crippen MR) is 87.1 cm³/mol. The molecule has 22 heavy (non-hydrogen) atoms. The number of nitrogens with zero attached hydrogens (tertiary/aromatic N) is 6. The Hall–Kier alpha value is -2.21. The third-order valence-electron chi connectivity index (χ3n) is 4.00. The molecular formula is C16H22N6. The lowest BCUT2D eigenvalue weighted by Gasteiger charge is -2.17. The molecule has 0 radical (unpaired) electrons. The summed E-state index contributed by atoms with van der Waals surface area (Å²) in [5.41, 5.74) is 1.75. The summed E-state index contributed by atoms with van der Waals surface area (Å²) in [7, 11) is 0. The van der Waals surface area contributed by atoms with Crippen molar-refractivity contribution >= 4 is 11.2 Å². The van der Waals surface area contributed by atoms with Crippen molar-refractivity contribution in [3.63, 3.8) is 0 Å². The van der Waals surface area contributed by atoms with Crippen LogP contribution in [0.3, 0.4) is 0 Å². The molecule has 0 saturated carbocycles. The SMILES string of the molecule is CCN(CC)CCCn1cnc2c(-n3cccc3)ncnc21. The lowest BCUT2D eigenvalue weighted by molar-refractivity contribution is 0.293. The van der Waals surface area contributed by atoms with Gasteiger partial charge in [-0.25, -0.2) is 15.0 Å². The molecular weight excluding hydrogens is 276 g/mol. The Bertz CT molecular complexity index is 711. The van der Waals surface area contributed by atoms with Crippen molar-refractivity contribution in [2.24, 2.45) is 0 Å². The van der Waals surface area contributed by atoms with Crippen LogP contribution in [-0.4, -0.2) is 48.6 Å². The topological polar surface area (TPSA) is 51.8 Å². The largest absolute Gasteiger partial charge is 0.315 e. The first-order valence-electron chi connectivity index (χ1n) is 7.85. The van der Waals surface area contributed by atoms with Crippen LogP contribution in [0.4, 0.5) is 0 Å². The Morgan fingerprint density at radius 1 is 1.05 bits per heavy atom. The number of fused-ring (bicyclic) bond motifs is 1. The van der Waals surface area contributed by atoms with E-state index in [0.717, 1.165) is 49.6 Å². The third-order valence-corrected chi connectivity index (χ3v) is 4.00. The number of hydrogen-bond acceptors (Lipinski definition) is 4. The smallest absolute Gasteiger partial charge is 0.168 e. The van der Waals surface area contributed by atoms with Gasteiger partial charge < -0.3 is 14.0 Å². The Kier molecular flexibility index (Phi) is 4.48. The first-order valence-corrected chi connectivity index (χ1v) is 7.85. The molecule has 6 nitrogen and oxygen atoms in total. The van der Waals surface area contributed by atoms with E-state index in [-0.39, 0.29) is 0 Å². The van der Waals surface area contributed by atoms with Crippen LogP contribution >= 0.6 is 0 Å². The average molecular weight is 298 g/mol. The minimum atomic E-state index is 0.831.